The normalized spacial score (nSPS) is 13.4. The van der Waals surface area contributed by atoms with Crippen molar-refractivity contribution in [3.63, 3.8) is 0 Å². The molecule has 0 aliphatic heterocycles. The van der Waals surface area contributed by atoms with Crippen molar-refractivity contribution in [2.75, 3.05) is 4.90 Å². The first-order chi connectivity index (χ1) is 48.8. The van der Waals surface area contributed by atoms with E-state index in [0.29, 0.717) is 5.56 Å². The molecular weight excluding hydrogens is 1270 g/mol. The van der Waals surface area contributed by atoms with E-state index < -0.39 is 0 Å². The summed E-state index contributed by atoms with van der Waals surface area (Å²) in [5.74, 6) is 0. The zero-order valence-electron chi connectivity index (χ0n) is 68.6. The molecule has 0 atom stereocenters. The summed E-state index contributed by atoms with van der Waals surface area (Å²) < 4.78 is 10.5. The summed E-state index contributed by atoms with van der Waals surface area (Å²) in [5.41, 5.74) is 25.7. The molecule has 0 N–H and O–H groups in total. The lowest BCUT2D eigenvalue weighted by Crippen LogP contribution is -2.30. The van der Waals surface area contributed by atoms with Crippen molar-refractivity contribution in [2.24, 2.45) is 0 Å². The van der Waals surface area contributed by atoms with Gasteiger partial charge in [-0.05, 0) is 229 Å². The highest BCUT2D eigenvalue weighted by molar-refractivity contribution is 6.18. The van der Waals surface area contributed by atoms with Gasteiger partial charge in [0.1, 0.15) is 11.6 Å². The van der Waals surface area contributed by atoms with Crippen molar-refractivity contribution in [2.45, 2.75) is 250 Å². The molecule has 0 saturated carbocycles. The van der Waals surface area contributed by atoms with Crippen LogP contribution in [-0.4, -0.2) is 24.3 Å². The Hall–Kier alpha value is -9.31. The molecule has 0 spiro atoms. The number of hydrogen-bond donors (Lipinski definition) is 0. The largest absolute Gasteiger partial charge is 0.336 e. The predicted molar refractivity (Wildman–Crippen MR) is 456 cm³/mol. The van der Waals surface area contributed by atoms with E-state index in [-0.39, 0.29) is 49.4 Å². The van der Waals surface area contributed by atoms with E-state index in [1.165, 1.54) is 82.4 Å². The van der Waals surface area contributed by atoms with Crippen LogP contribution in [0.2, 0.25) is 0 Å². The minimum absolute atomic E-state index is 0.126. The van der Waals surface area contributed by atoms with Crippen LogP contribution in [0.3, 0.4) is 0 Å². The lowest BCUT2D eigenvalue weighted by atomic mass is 9.85. The van der Waals surface area contributed by atoms with Gasteiger partial charge in [0.25, 0.3) is 0 Å². The zero-order chi connectivity index (χ0) is 76.0. The van der Waals surface area contributed by atoms with Gasteiger partial charge in [0.15, 0.2) is 0 Å². The number of benzene rings is 10. The number of aryl methyl sites for hydroxylation is 2. The first-order valence-electron chi connectivity index (χ1n) is 38.7. The van der Waals surface area contributed by atoms with Gasteiger partial charge >= 0.3 is 0 Å². The Morgan fingerprint density at radius 1 is 0.305 bits per heavy atom. The summed E-state index contributed by atoms with van der Waals surface area (Å²) in [7, 11) is 0. The van der Waals surface area contributed by atoms with Crippen LogP contribution in [-0.2, 0) is 49.7 Å². The minimum atomic E-state index is -0.197. The topological polar surface area (TPSA) is 46.8 Å². The summed E-state index contributed by atoms with van der Waals surface area (Å²) in [4.78, 5) is 2.57. The minimum Gasteiger partial charge on any atom is -0.336 e. The molecule has 0 radical (unpaired) electrons. The average molecular weight is 1390 g/mol. The van der Waals surface area contributed by atoms with Crippen LogP contribution in [0, 0.1) is 18.3 Å². The Kier molecular flexibility index (Phi) is 16.9. The second-order valence-electron chi connectivity index (χ2n) is 39.4. The Morgan fingerprint density at radius 3 is 0.781 bits per heavy atom. The lowest BCUT2D eigenvalue weighted by Gasteiger charge is -2.37. The number of rotatable bonds is 8. The average Bonchev–Trinajstić information content (AvgIpc) is 1.56. The quantitative estimate of drug-likeness (QED) is 0.152. The van der Waals surface area contributed by atoms with Crippen molar-refractivity contribution in [3.05, 3.63) is 225 Å². The van der Waals surface area contributed by atoms with Crippen molar-refractivity contribution in [1.29, 1.82) is 5.26 Å². The fourth-order valence-corrected chi connectivity index (χ4v) is 16.5. The van der Waals surface area contributed by atoms with Gasteiger partial charge in [-0.15, -0.1) is 0 Å². The Balaban J connectivity index is 1.41. The maximum Gasteiger partial charge on any atom is 0.104 e. The van der Waals surface area contributed by atoms with Crippen molar-refractivity contribution < 1.29 is 0 Å². The number of fused-ring (bicyclic) bond motifs is 12. The second-order valence-corrected chi connectivity index (χ2v) is 39.4. The van der Waals surface area contributed by atoms with E-state index >= 15 is 0 Å². The number of nitrogens with zero attached hydrogens (tertiary/aromatic N) is 6. The molecule has 0 fully saturated rings. The highest BCUT2D eigenvalue weighted by Crippen LogP contribution is 2.55. The van der Waals surface area contributed by atoms with E-state index in [1.54, 1.807) is 0 Å². The molecule has 540 valence electrons. The van der Waals surface area contributed by atoms with Crippen LogP contribution >= 0.6 is 0 Å². The van der Waals surface area contributed by atoms with E-state index in [9.17, 15) is 5.26 Å². The molecule has 4 heterocycles. The van der Waals surface area contributed by atoms with Crippen LogP contribution < -0.4 is 4.90 Å². The second kappa shape index (κ2) is 24.4. The van der Waals surface area contributed by atoms with Crippen molar-refractivity contribution in [1.82, 2.24) is 18.3 Å². The van der Waals surface area contributed by atoms with Gasteiger partial charge in [-0.25, -0.2) is 0 Å². The Morgan fingerprint density at radius 2 is 0.533 bits per heavy atom. The van der Waals surface area contributed by atoms with Gasteiger partial charge in [0.2, 0.25) is 0 Å². The predicted octanol–water partition coefficient (Wildman–Crippen LogP) is 27.7. The highest BCUT2D eigenvalue weighted by Gasteiger charge is 2.40. The molecule has 4 aromatic heterocycles. The molecule has 14 rings (SSSR count). The maximum atomic E-state index is 13.8. The van der Waals surface area contributed by atoms with Crippen LogP contribution in [0.5, 0.6) is 0 Å². The molecule has 10 aromatic carbocycles. The third-order valence-corrected chi connectivity index (χ3v) is 23.1. The number of anilines is 2. The molecule has 0 amide bonds. The number of hydrogen-bond acceptors (Lipinski definition) is 2. The maximum absolute atomic E-state index is 13.8. The Labute approximate surface area is 626 Å². The molecule has 0 aliphatic rings. The fraction of sp³-hybridized carbons (Fsp3) is 0.384. The smallest absolute Gasteiger partial charge is 0.104 e. The van der Waals surface area contributed by atoms with E-state index in [2.05, 4.69) is 387 Å². The standard InChI is InChI=1S/C99H114N6/c1-29-60-30-39-79-69(49-60)70-50-62(93(8,9)10)34-43-82(70)103(79)89-87(101(58(2)3)78-40-31-61(48-59(78)4)92(5,6)7)77(57-100)88(102-80-41-32-63(94(11,12)13)51-71(80)72-52-64(95(14,15)16)33-42-81(72)102)90(104-83-44-35-65(96(17,18)19)53-73(83)74-54-66(97(20,21)22)36-45-84(74)104)91(89)105-85-46-37-67(98(23,24)25)55-75(85)76-56-68(99(26,27)28)38-47-86(76)105/h30-56,58H,29H2,1-28H3. The van der Waals surface area contributed by atoms with Gasteiger partial charge in [-0.2, -0.15) is 5.26 Å². The summed E-state index contributed by atoms with van der Waals surface area (Å²) >= 11 is 0. The molecule has 105 heavy (non-hydrogen) atoms. The molecular formula is C99H114N6. The van der Waals surface area contributed by atoms with Crippen LogP contribution in [0.4, 0.5) is 11.4 Å². The molecule has 0 unspecified atom stereocenters. The third-order valence-electron chi connectivity index (χ3n) is 23.1. The van der Waals surface area contributed by atoms with Gasteiger partial charge in [0, 0.05) is 54.8 Å². The molecule has 6 nitrogen and oxygen atoms in total. The van der Waals surface area contributed by atoms with Crippen LogP contribution in [0.15, 0.2) is 164 Å². The Bertz CT molecular complexity index is 5730. The zero-order valence-corrected chi connectivity index (χ0v) is 68.6. The monoisotopic (exact) mass is 1390 g/mol. The molecule has 0 saturated heterocycles. The highest BCUT2D eigenvalue weighted by atomic mass is 15.2. The van der Waals surface area contributed by atoms with E-state index in [1.807, 2.05) is 0 Å². The van der Waals surface area contributed by atoms with Crippen LogP contribution in [0.1, 0.15) is 248 Å². The van der Waals surface area contributed by atoms with Gasteiger partial charge in [-0.1, -0.05) is 234 Å². The number of nitriles is 1. The van der Waals surface area contributed by atoms with Gasteiger partial charge in [0.05, 0.1) is 72.6 Å². The molecule has 14 aromatic rings. The summed E-state index contributed by atoms with van der Waals surface area (Å²) in [6, 6.07) is 68.3. The molecule has 6 heteroatoms. The summed E-state index contributed by atoms with van der Waals surface area (Å²) in [6.45, 7) is 65.2. The SMILES string of the molecule is CCc1ccc2c(c1)c1cc(C(C)(C)C)ccc1n2-c1c(N(c2ccc(C(C)(C)C)cc2C)C(C)C)c(C#N)c(-n2c3ccc(C(C)(C)C)cc3c3cc(C(C)(C)C)ccc32)c(-n2c3ccc(C(C)(C)C)cc3c3cc(C(C)(C)C)ccc32)c1-n1c2ccc(C(C)(C)C)cc2c2cc(C(C)(C)C)ccc21. The van der Waals surface area contributed by atoms with Crippen LogP contribution in [0.25, 0.3) is 110 Å². The number of aromatic nitrogens is 4. The first-order valence-corrected chi connectivity index (χ1v) is 38.7. The van der Waals surface area contributed by atoms with Crippen molar-refractivity contribution >= 4 is 98.6 Å². The molecule has 0 bridgehead atoms. The van der Waals surface area contributed by atoms with E-state index in [0.717, 1.165) is 101 Å². The summed E-state index contributed by atoms with van der Waals surface area (Å²) in [6.07, 6.45) is 0.879. The van der Waals surface area contributed by atoms with Gasteiger partial charge in [-0.3, -0.25) is 0 Å². The van der Waals surface area contributed by atoms with E-state index in [4.69, 9.17) is 0 Å². The van der Waals surface area contributed by atoms with Gasteiger partial charge < -0.3 is 23.2 Å². The fourth-order valence-electron chi connectivity index (χ4n) is 16.5. The third kappa shape index (κ3) is 12.1. The molecule has 0 aliphatic carbocycles. The first kappa shape index (κ1) is 72.6. The van der Waals surface area contributed by atoms with Crippen molar-refractivity contribution in [3.8, 4) is 28.8 Å². The lowest BCUT2D eigenvalue weighted by molar-refractivity contribution is 0.589. The summed E-state index contributed by atoms with van der Waals surface area (Å²) in [5, 5.41) is 23.2.